The van der Waals surface area contributed by atoms with Gasteiger partial charge in [0, 0.05) is 31.5 Å². The van der Waals surface area contributed by atoms with Crippen LogP contribution in [0.4, 0.5) is 0 Å². The molecule has 0 amide bonds. The van der Waals surface area contributed by atoms with Gasteiger partial charge in [0.05, 0.1) is 11.9 Å². The summed E-state index contributed by atoms with van der Waals surface area (Å²) in [6.45, 7) is 8.86. The normalized spacial score (nSPS) is 13.4. The molecule has 0 spiro atoms. The van der Waals surface area contributed by atoms with Gasteiger partial charge in [0.2, 0.25) is 0 Å². The van der Waals surface area contributed by atoms with Gasteiger partial charge in [0.25, 0.3) is 0 Å². The Hall–Kier alpha value is -1.46. The molecule has 6 heteroatoms. The lowest BCUT2D eigenvalue weighted by molar-refractivity contribution is -0.0190. The van der Waals surface area contributed by atoms with Gasteiger partial charge in [-0.05, 0) is 12.3 Å². The predicted octanol–water partition coefficient (Wildman–Crippen LogP) is 3.65. The predicted molar refractivity (Wildman–Crippen MR) is 83.1 cm³/mol. The first-order chi connectivity index (χ1) is 9.81. The minimum atomic E-state index is -0.211. The maximum Gasteiger partial charge on any atom is 0.160 e. The van der Waals surface area contributed by atoms with Crippen molar-refractivity contribution in [3.8, 4) is 11.3 Å². The van der Waals surface area contributed by atoms with Crippen molar-refractivity contribution in [1.29, 1.82) is 0 Å². The number of aryl methyl sites for hydroxylation is 1. The molecule has 21 heavy (non-hydrogen) atoms. The van der Waals surface area contributed by atoms with Crippen molar-refractivity contribution in [1.82, 2.24) is 19.7 Å². The van der Waals surface area contributed by atoms with E-state index in [1.165, 1.54) is 0 Å². The molecular formula is C15H21ClN4O. The van der Waals surface area contributed by atoms with Crippen LogP contribution in [0.5, 0.6) is 0 Å². The highest BCUT2D eigenvalue weighted by atomic mass is 35.5. The SMILES string of the molecule is CCOC(c1nc(Cl)cc(-c2cnn(C)c2)n1)C(C)(C)C. The largest absolute Gasteiger partial charge is 0.370 e. The Kier molecular flexibility index (Phi) is 4.64. The summed E-state index contributed by atoms with van der Waals surface area (Å²) in [7, 11) is 1.87. The summed E-state index contributed by atoms with van der Waals surface area (Å²) in [4.78, 5) is 8.98. The molecule has 1 atom stereocenters. The van der Waals surface area contributed by atoms with Gasteiger partial charge in [0.15, 0.2) is 5.82 Å². The van der Waals surface area contributed by atoms with E-state index in [1.807, 2.05) is 20.2 Å². The second kappa shape index (κ2) is 6.12. The van der Waals surface area contributed by atoms with Crippen LogP contribution in [-0.2, 0) is 11.8 Å². The minimum absolute atomic E-state index is 0.118. The van der Waals surface area contributed by atoms with E-state index < -0.39 is 0 Å². The number of halogens is 1. The first-order valence-corrected chi connectivity index (χ1v) is 7.34. The maximum absolute atomic E-state index is 6.17. The summed E-state index contributed by atoms with van der Waals surface area (Å²) >= 11 is 6.17. The lowest BCUT2D eigenvalue weighted by atomic mass is 9.88. The fourth-order valence-corrected chi connectivity index (χ4v) is 2.32. The third-order valence-corrected chi connectivity index (χ3v) is 3.26. The van der Waals surface area contributed by atoms with Gasteiger partial charge in [-0.25, -0.2) is 9.97 Å². The van der Waals surface area contributed by atoms with Gasteiger partial charge < -0.3 is 4.74 Å². The lowest BCUT2D eigenvalue weighted by Crippen LogP contribution is -2.23. The highest BCUT2D eigenvalue weighted by molar-refractivity contribution is 6.29. The Morgan fingerprint density at radius 2 is 2.05 bits per heavy atom. The average molecular weight is 309 g/mol. The Bertz CT molecular complexity index is 618. The molecule has 0 aliphatic carbocycles. The smallest absolute Gasteiger partial charge is 0.160 e. The second-order valence-corrected chi connectivity index (χ2v) is 6.43. The molecule has 0 aliphatic heterocycles. The molecular weight excluding hydrogens is 288 g/mol. The van der Waals surface area contributed by atoms with Gasteiger partial charge >= 0.3 is 0 Å². The quantitative estimate of drug-likeness (QED) is 0.809. The maximum atomic E-state index is 6.17. The molecule has 0 aliphatic rings. The first-order valence-electron chi connectivity index (χ1n) is 6.96. The first kappa shape index (κ1) is 15.9. The standard InChI is InChI=1S/C15H21ClN4O/c1-6-21-13(15(2,3)4)14-18-11(7-12(16)19-14)10-8-17-20(5)9-10/h7-9,13H,6H2,1-5H3. The third-order valence-electron chi connectivity index (χ3n) is 3.07. The van der Waals surface area contributed by atoms with Crippen LogP contribution in [-0.4, -0.2) is 26.4 Å². The van der Waals surface area contributed by atoms with Gasteiger partial charge in [-0.2, -0.15) is 5.10 Å². The second-order valence-electron chi connectivity index (χ2n) is 6.04. The van der Waals surface area contributed by atoms with E-state index in [9.17, 15) is 0 Å². The molecule has 2 heterocycles. The minimum Gasteiger partial charge on any atom is -0.370 e. The molecule has 2 aromatic rings. The molecule has 2 rings (SSSR count). The van der Waals surface area contributed by atoms with Crippen molar-refractivity contribution in [2.75, 3.05) is 6.61 Å². The summed E-state index contributed by atoms with van der Waals surface area (Å²) in [6.07, 6.45) is 3.45. The van der Waals surface area contributed by atoms with E-state index in [0.29, 0.717) is 17.6 Å². The van der Waals surface area contributed by atoms with E-state index in [4.69, 9.17) is 16.3 Å². The Morgan fingerprint density at radius 1 is 1.33 bits per heavy atom. The highest BCUT2D eigenvalue weighted by Gasteiger charge is 2.30. The summed E-state index contributed by atoms with van der Waals surface area (Å²) in [5.74, 6) is 0.607. The molecule has 0 saturated heterocycles. The Morgan fingerprint density at radius 3 is 2.57 bits per heavy atom. The fraction of sp³-hybridized carbons (Fsp3) is 0.533. The van der Waals surface area contributed by atoms with Gasteiger partial charge in [0.1, 0.15) is 11.3 Å². The zero-order valence-corrected chi connectivity index (χ0v) is 13.8. The van der Waals surface area contributed by atoms with Crippen LogP contribution in [0.15, 0.2) is 18.5 Å². The molecule has 0 N–H and O–H groups in total. The molecule has 5 nitrogen and oxygen atoms in total. The van der Waals surface area contributed by atoms with Crippen LogP contribution in [0.3, 0.4) is 0 Å². The van der Waals surface area contributed by atoms with E-state index in [1.54, 1.807) is 16.9 Å². The van der Waals surface area contributed by atoms with Crippen molar-refractivity contribution in [2.45, 2.75) is 33.8 Å². The van der Waals surface area contributed by atoms with Gasteiger partial charge in [-0.1, -0.05) is 32.4 Å². The fourth-order valence-electron chi connectivity index (χ4n) is 2.13. The number of aromatic nitrogens is 4. The number of hydrogen-bond donors (Lipinski definition) is 0. The molecule has 0 bridgehead atoms. The van der Waals surface area contributed by atoms with Crippen molar-refractivity contribution in [3.63, 3.8) is 0 Å². The summed E-state index contributed by atoms with van der Waals surface area (Å²) in [5, 5.41) is 4.57. The van der Waals surface area contributed by atoms with E-state index >= 15 is 0 Å². The van der Waals surface area contributed by atoms with Crippen molar-refractivity contribution in [3.05, 3.63) is 29.4 Å². The van der Waals surface area contributed by atoms with Crippen LogP contribution in [0, 0.1) is 5.41 Å². The third kappa shape index (κ3) is 3.80. The van der Waals surface area contributed by atoms with Gasteiger partial charge in [-0.3, -0.25) is 4.68 Å². The number of rotatable bonds is 4. The van der Waals surface area contributed by atoms with Crippen LogP contribution in [0.1, 0.15) is 39.6 Å². The summed E-state index contributed by atoms with van der Waals surface area (Å²) < 4.78 is 7.57. The summed E-state index contributed by atoms with van der Waals surface area (Å²) in [6, 6.07) is 1.74. The van der Waals surface area contributed by atoms with E-state index in [2.05, 4.69) is 35.8 Å². The topological polar surface area (TPSA) is 52.8 Å². The monoisotopic (exact) mass is 308 g/mol. The molecule has 2 aromatic heterocycles. The Labute approximate surface area is 130 Å². The molecule has 0 aromatic carbocycles. The molecule has 114 valence electrons. The zero-order chi connectivity index (χ0) is 15.6. The molecule has 0 fully saturated rings. The number of hydrogen-bond acceptors (Lipinski definition) is 4. The highest BCUT2D eigenvalue weighted by Crippen LogP contribution is 2.35. The average Bonchev–Trinajstić information content (AvgIpc) is 2.80. The van der Waals surface area contributed by atoms with Gasteiger partial charge in [-0.15, -0.1) is 0 Å². The van der Waals surface area contributed by atoms with Crippen molar-refractivity contribution >= 4 is 11.6 Å². The van der Waals surface area contributed by atoms with Crippen molar-refractivity contribution in [2.24, 2.45) is 12.5 Å². The number of nitrogens with zero attached hydrogens (tertiary/aromatic N) is 4. The molecule has 0 saturated carbocycles. The lowest BCUT2D eigenvalue weighted by Gasteiger charge is -2.29. The van der Waals surface area contributed by atoms with Crippen LogP contribution >= 0.6 is 11.6 Å². The van der Waals surface area contributed by atoms with E-state index in [-0.39, 0.29) is 11.5 Å². The molecule has 0 radical (unpaired) electrons. The van der Waals surface area contributed by atoms with Crippen molar-refractivity contribution < 1.29 is 4.74 Å². The molecule has 1 unspecified atom stereocenters. The Balaban J connectivity index is 2.47. The van der Waals surface area contributed by atoms with Crippen LogP contribution in [0.2, 0.25) is 5.15 Å². The van der Waals surface area contributed by atoms with Crippen LogP contribution < -0.4 is 0 Å². The van der Waals surface area contributed by atoms with Crippen LogP contribution in [0.25, 0.3) is 11.3 Å². The van der Waals surface area contributed by atoms with E-state index in [0.717, 1.165) is 11.3 Å². The number of ether oxygens (including phenoxy) is 1. The zero-order valence-electron chi connectivity index (χ0n) is 13.1. The summed E-state index contributed by atoms with van der Waals surface area (Å²) in [5.41, 5.74) is 1.55.